The fourth-order valence-corrected chi connectivity index (χ4v) is 4.37. The van der Waals surface area contributed by atoms with Gasteiger partial charge >= 0.3 is 0 Å². The van der Waals surface area contributed by atoms with Crippen LogP contribution in [0.15, 0.2) is 53.4 Å². The van der Waals surface area contributed by atoms with Gasteiger partial charge in [-0.15, -0.1) is 0 Å². The largest absolute Gasteiger partial charge is 0.457 e. The number of ether oxygens (including phenoxy) is 1. The maximum Gasteiger partial charge on any atom is 0.265 e. The molecule has 0 unspecified atom stereocenters. The Hall–Kier alpha value is -1.78. The molecule has 0 aromatic heterocycles. The van der Waals surface area contributed by atoms with Gasteiger partial charge in [-0.25, -0.2) is 8.42 Å². The Morgan fingerprint density at radius 1 is 1.14 bits per heavy atom. The van der Waals surface area contributed by atoms with Gasteiger partial charge in [-0.05, 0) is 68.6 Å². The summed E-state index contributed by atoms with van der Waals surface area (Å²) in [6.07, 6.45) is 1.69. The first kappa shape index (κ1) is 22.5. The average Bonchev–Trinajstić information content (AvgIpc) is 2.63. The van der Waals surface area contributed by atoms with Gasteiger partial charge in [0.05, 0.1) is 4.90 Å². The van der Waals surface area contributed by atoms with Crippen LogP contribution in [0.3, 0.4) is 0 Å². The molecule has 28 heavy (non-hydrogen) atoms. The minimum atomic E-state index is -4.37. The summed E-state index contributed by atoms with van der Waals surface area (Å²) < 4.78 is 30.2. The zero-order chi connectivity index (χ0) is 21.1. The van der Waals surface area contributed by atoms with Gasteiger partial charge in [-0.1, -0.05) is 16.1 Å². The van der Waals surface area contributed by atoms with Crippen molar-refractivity contribution in [3.05, 3.63) is 53.6 Å². The van der Waals surface area contributed by atoms with E-state index in [2.05, 4.69) is 0 Å². The monoisotopic (exact) mass is 444 g/mol. The summed E-state index contributed by atoms with van der Waals surface area (Å²) in [7, 11) is -4.37. The van der Waals surface area contributed by atoms with Crippen molar-refractivity contribution in [2.24, 2.45) is 5.73 Å². The normalized spacial score (nSPS) is 13.4. The molecule has 1 amide bonds. The second-order valence-electron chi connectivity index (χ2n) is 6.42. The van der Waals surface area contributed by atoms with Gasteiger partial charge in [0.1, 0.15) is 17.5 Å². The van der Waals surface area contributed by atoms with Gasteiger partial charge < -0.3 is 10.5 Å². The lowest BCUT2D eigenvalue weighted by Gasteiger charge is -2.34. The van der Waals surface area contributed by atoms with Crippen LogP contribution in [-0.2, 0) is 14.8 Å². The summed E-state index contributed by atoms with van der Waals surface area (Å²) in [5.41, 5.74) is 5.35. The van der Waals surface area contributed by atoms with E-state index >= 15 is 0 Å². The van der Waals surface area contributed by atoms with Crippen LogP contribution in [0, 0.1) is 0 Å². The number of hydrogen-bond acceptors (Lipinski definition) is 6. The van der Waals surface area contributed by atoms with Gasteiger partial charge in [0.15, 0.2) is 0 Å². The van der Waals surface area contributed by atoms with Crippen molar-refractivity contribution in [3.8, 4) is 11.5 Å². The zero-order valence-corrected chi connectivity index (χ0v) is 17.9. The number of rotatable bonds is 8. The van der Waals surface area contributed by atoms with E-state index in [-0.39, 0.29) is 9.36 Å². The number of amides is 1. The van der Waals surface area contributed by atoms with E-state index in [1.165, 1.54) is 36.0 Å². The minimum absolute atomic E-state index is 0.0287. The quantitative estimate of drug-likeness (QED) is 0.603. The zero-order valence-electron chi connectivity index (χ0n) is 15.5. The Morgan fingerprint density at radius 2 is 1.61 bits per heavy atom. The number of benzene rings is 2. The molecule has 0 fully saturated rings. The predicted molar refractivity (Wildman–Crippen MR) is 109 cm³/mol. The Morgan fingerprint density at radius 3 is 2.04 bits per heavy atom. The van der Waals surface area contributed by atoms with Gasteiger partial charge in [-0.2, -0.15) is 11.8 Å². The minimum Gasteiger partial charge on any atom is -0.457 e. The van der Waals surface area contributed by atoms with Crippen molar-refractivity contribution in [2.75, 3.05) is 6.26 Å². The summed E-state index contributed by atoms with van der Waals surface area (Å²) in [6.45, 7) is 3.24. The third-order valence-electron chi connectivity index (χ3n) is 4.09. The first-order valence-corrected chi connectivity index (χ1v) is 11.1. The van der Waals surface area contributed by atoms with E-state index in [9.17, 15) is 18.4 Å². The Bertz CT molecular complexity index is 931. The molecule has 2 aromatic carbocycles. The molecule has 0 saturated carbocycles. The molecular weight excluding hydrogens is 424 g/mol. The summed E-state index contributed by atoms with van der Waals surface area (Å²) in [6, 6.07) is 10.6. The Kier molecular flexibility index (Phi) is 7.00. The summed E-state index contributed by atoms with van der Waals surface area (Å²) in [5, 5.41) is 10.9. The number of carbonyl (C=O) groups is 1. The maximum absolute atomic E-state index is 12.8. The highest BCUT2D eigenvalue weighted by molar-refractivity contribution is 8.00. The van der Waals surface area contributed by atoms with E-state index in [1.54, 1.807) is 44.4 Å². The SMILES string of the molecule is CSC(C)(C)[C@H](C(N)=O)N(O)S(=O)(=O)c1ccc(Oc2ccc(Cl)cc2)cc1. The number of nitrogens with zero attached hydrogens (tertiary/aromatic N) is 1. The first-order valence-electron chi connectivity index (χ1n) is 8.10. The highest BCUT2D eigenvalue weighted by Gasteiger charge is 2.43. The van der Waals surface area contributed by atoms with Crippen LogP contribution in [0.1, 0.15) is 13.8 Å². The lowest BCUT2D eigenvalue weighted by molar-refractivity contribution is -0.132. The van der Waals surface area contributed by atoms with Crippen LogP contribution in [0.25, 0.3) is 0 Å². The summed E-state index contributed by atoms with van der Waals surface area (Å²) in [5.74, 6) is -0.0333. The molecule has 7 nitrogen and oxygen atoms in total. The molecule has 0 aliphatic carbocycles. The predicted octanol–water partition coefficient (Wildman–Crippen LogP) is 3.51. The van der Waals surface area contributed by atoms with Crippen molar-refractivity contribution in [1.29, 1.82) is 0 Å². The molecule has 2 rings (SSSR count). The molecule has 0 heterocycles. The molecule has 10 heteroatoms. The fourth-order valence-electron chi connectivity index (χ4n) is 2.39. The lowest BCUT2D eigenvalue weighted by Crippen LogP contribution is -2.55. The van der Waals surface area contributed by atoms with Gasteiger partial charge in [0.25, 0.3) is 10.0 Å². The van der Waals surface area contributed by atoms with Crippen molar-refractivity contribution in [3.63, 3.8) is 0 Å². The number of nitrogens with two attached hydrogens (primary N) is 1. The van der Waals surface area contributed by atoms with Gasteiger partial charge in [-0.3, -0.25) is 10.0 Å². The summed E-state index contributed by atoms with van der Waals surface area (Å²) in [4.78, 5) is 11.6. The highest BCUT2D eigenvalue weighted by Crippen LogP contribution is 2.32. The number of carbonyl (C=O) groups excluding carboxylic acids is 1. The smallest absolute Gasteiger partial charge is 0.265 e. The van der Waals surface area contributed by atoms with Crippen LogP contribution >= 0.6 is 23.4 Å². The molecule has 0 aliphatic rings. The molecule has 152 valence electrons. The number of hydroxylamine groups is 1. The number of hydrogen-bond donors (Lipinski definition) is 2. The van der Waals surface area contributed by atoms with E-state index in [0.29, 0.717) is 16.5 Å². The number of thioether (sulfide) groups is 1. The lowest BCUT2D eigenvalue weighted by atomic mass is 10.0. The Balaban J connectivity index is 2.27. The standard InChI is InChI=1S/C18H21ClN2O5S2/c1-18(2,27-3)16(17(20)22)21(23)28(24,25)15-10-8-14(9-11-15)26-13-6-4-12(19)5-7-13/h4-11,16,23H,1-3H3,(H2,20,22)/t16-/m0/s1. The number of primary amides is 1. The van der Waals surface area contributed by atoms with E-state index in [0.717, 1.165) is 0 Å². The van der Waals surface area contributed by atoms with E-state index < -0.39 is 26.7 Å². The number of sulfonamides is 1. The molecule has 0 saturated heterocycles. The van der Waals surface area contributed by atoms with Crippen LogP contribution < -0.4 is 10.5 Å². The van der Waals surface area contributed by atoms with E-state index in [4.69, 9.17) is 22.1 Å². The average molecular weight is 445 g/mol. The number of halogens is 1. The van der Waals surface area contributed by atoms with Crippen molar-refractivity contribution in [2.45, 2.75) is 29.5 Å². The molecular formula is C18H21ClN2O5S2. The molecule has 2 aromatic rings. The second-order valence-corrected chi connectivity index (χ2v) is 10.1. The van der Waals surface area contributed by atoms with Crippen molar-refractivity contribution < 1.29 is 23.2 Å². The second kappa shape index (κ2) is 8.71. The molecule has 0 radical (unpaired) electrons. The first-order chi connectivity index (χ1) is 13.0. The molecule has 0 bridgehead atoms. The highest BCUT2D eigenvalue weighted by atomic mass is 35.5. The van der Waals surface area contributed by atoms with Crippen LogP contribution in [0.2, 0.25) is 5.02 Å². The third kappa shape index (κ3) is 4.98. The Labute approximate surface area is 173 Å². The molecule has 0 aliphatic heterocycles. The van der Waals surface area contributed by atoms with Crippen LogP contribution in [-0.4, -0.2) is 41.0 Å². The van der Waals surface area contributed by atoms with Crippen LogP contribution in [0.5, 0.6) is 11.5 Å². The molecule has 3 N–H and O–H groups in total. The van der Waals surface area contributed by atoms with Crippen molar-refractivity contribution in [1.82, 2.24) is 4.47 Å². The van der Waals surface area contributed by atoms with E-state index in [1.807, 2.05) is 0 Å². The van der Waals surface area contributed by atoms with Crippen molar-refractivity contribution >= 4 is 39.3 Å². The van der Waals surface area contributed by atoms with Gasteiger partial charge in [0, 0.05) is 9.77 Å². The van der Waals surface area contributed by atoms with Crippen LogP contribution in [0.4, 0.5) is 0 Å². The maximum atomic E-state index is 12.8. The van der Waals surface area contributed by atoms with Gasteiger partial charge in [0.2, 0.25) is 5.91 Å². The molecule has 0 spiro atoms. The molecule has 1 atom stereocenters. The summed E-state index contributed by atoms with van der Waals surface area (Å²) >= 11 is 7.03. The third-order valence-corrected chi connectivity index (χ3v) is 7.19. The topological polar surface area (TPSA) is 110 Å². The fraction of sp³-hybridized carbons (Fsp3) is 0.278.